The van der Waals surface area contributed by atoms with Gasteiger partial charge >= 0.3 is 5.97 Å². The Hall–Kier alpha value is -3.40. The van der Waals surface area contributed by atoms with Crippen LogP contribution in [0.15, 0.2) is 83.4 Å². The Morgan fingerprint density at radius 3 is 2.59 bits per heavy atom. The first kappa shape index (κ1) is 17.0. The predicted molar refractivity (Wildman–Crippen MR) is 104 cm³/mol. The van der Waals surface area contributed by atoms with Gasteiger partial charge in [-0.3, -0.25) is 4.79 Å². The average Bonchev–Trinajstić information content (AvgIpc) is 3.20. The van der Waals surface area contributed by atoms with Crippen LogP contribution >= 0.6 is 0 Å². The van der Waals surface area contributed by atoms with Gasteiger partial charge in [-0.05, 0) is 16.3 Å². The number of carbonyl (C=O) groups excluding carboxylic acids is 1. The van der Waals surface area contributed by atoms with Gasteiger partial charge < -0.3 is 9.15 Å². The van der Waals surface area contributed by atoms with Gasteiger partial charge in [0, 0.05) is 12.0 Å². The van der Waals surface area contributed by atoms with Gasteiger partial charge in [0.15, 0.2) is 11.7 Å². The molecule has 0 aliphatic heterocycles. The number of aromatic nitrogens is 1. The van der Waals surface area contributed by atoms with Crippen LogP contribution in [0.25, 0.3) is 22.1 Å². The molecule has 0 saturated heterocycles. The van der Waals surface area contributed by atoms with Crippen molar-refractivity contribution in [3.05, 3.63) is 90.4 Å². The van der Waals surface area contributed by atoms with Crippen molar-refractivity contribution in [2.24, 2.45) is 0 Å². The molecule has 134 valence electrons. The zero-order valence-electron chi connectivity index (χ0n) is 14.8. The minimum absolute atomic E-state index is 0.236. The smallest absolute Gasteiger partial charge is 0.306 e. The third-order valence-electron chi connectivity index (χ3n) is 4.42. The molecule has 4 aromatic rings. The lowest BCUT2D eigenvalue weighted by Crippen LogP contribution is -2.06. The highest BCUT2D eigenvalue weighted by molar-refractivity contribution is 5.85. The lowest BCUT2D eigenvalue weighted by atomic mass is 10.1. The summed E-state index contributed by atoms with van der Waals surface area (Å²) in [6.07, 6.45) is 2.34. The molecule has 0 atom stereocenters. The molecule has 3 aromatic carbocycles. The third kappa shape index (κ3) is 4.06. The predicted octanol–water partition coefficient (Wildman–Crippen LogP) is 5.17. The molecule has 0 saturated carbocycles. The van der Waals surface area contributed by atoms with Crippen molar-refractivity contribution < 1.29 is 13.9 Å². The molecular weight excluding hydrogens is 338 g/mol. The van der Waals surface area contributed by atoms with Crippen molar-refractivity contribution >= 4 is 16.7 Å². The second-order valence-electron chi connectivity index (χ2n) is 6.28. The Balaban J connectivity index is 1.33. The summed E-state index contributed by atoms with van der Waals surface area (Å²) in [5.41, 5.74) is 1.97. The number of benzene rings is 3. The largest absolute Gasteiger partial charge is 0.461 e. The summed E-state index contributed by atoms with van der Waals surface area (Å²) in [5.74, 6) is 0.980. The van der Waals surface area contributed by atoms with Crippen molar-refractivity contribution in [2.75, 3.05) is 0 Å². The molecule has 0 fully saturated rings. The number of rotatable bonds is 6. The zero-order valence-corrected chi connectivity index (χ0v) is 14.8. The first-order valence-corrected chi connectivity index (χ1v) is 8.92. The molecule has 0 bridgehead atoms. The number of fused-ring (bicyclic) bond motifs is 1. The number of hydrogen-bond donors (Lipinski definition) is 0. The lowest BCUT2D eigenvalue weighted by Gasteiger charge is -2.07. The number of carbonyl (C=O) groups is 1. The Bertz CT molecular complexity index is 1050. The second kappa shape index (κ2) is 7.87. The molecule has 0 amide bonds. The molecule has 0 radical (unpaired) electrons. The van der Waals surface area contributed by atoms with Gasteiger partial charge in [-0.25, -0.2) is 4.98 Å². The Labute approximate surface area is 157 Å². The van der Waals surface area contributed by atoms with Gasteiger partial charge in [0.2, 0.25) is 0 Å². The summed E-state index contributed by atoms with van der Waals surface area (Å²) < 4.78 is 11.2. The summed E-state index contributed by atoms with van der Waals surface area (Å²) in [6.45, 7) is 0.265. The molecule has 0 aliphatic carbocycles. The van der Waals surface area contributed by atoms with E-state index in [0.717, 1.165) is 21.9 Å². The molecule has 0 aliphatic rings. The van der Waals surface area contributed by atoms with Gasteiger partial charge in [-0.1, -0.05) is 72.8 Å². The van der Waals surface area contributed by atoms with Gasteiger partial charge in [-0.15, -0.1) is 0 Å². The highest BCUT2D eigenvalue weighted by Gasteiger charge is 2.10. The fraction of sp³-hybridized carbons (Fsp3) is 0.130. The van der Waals surface area contributed by atoms with E-state index in [-0.39, 0.29) is 19.0 Å². The number of hydrogen-bond acceptors (Lipinski definition) is 4. The summed E-state index contributed by atoms with van der Waals surface area (Å²) >= 11 is 0. The molecular formula is C23H19NO3. The number of aryl methyl sites for hydroxylation is 1. The summed E-state index contributed by atoms with van der Waals surface area (Å²) in [5, 5.41) is 2.24. The van der Waals surface area contributed by atoms with Crippen LogP contribution in [0.1, 0.15) is 17.9 Å². The molecule has 0 unspecified atom stereocenters. The second-order valence-corrected chi connectivity index (χ2v) is 6.28. The average molecular weight is 357 g/mol. The highest BCUT2D eigenvalue weighted by atomic mass is 16.5. The standard InChI is InChI=1S/C23H19NO3/c25-23(26-16-19-11-6-10-17-7-4-5-12-20(17)19)14-13-22-24-15-21(27-22)18-8-2-1-3-9-18/h1-12,15H,13-14,16H2. The van der Waals surface area contributed by atoms with Crippen LogP contribution in [0, 0.1) is 0 Å². The Kier molecular flexibility index (Phi) is 4.97. The van der Waals surface area contributed by atoms with E-state index in [2.05, 4.69) is 4.98 Å². The Morgan fingerprint density at radius 2 is 1.70 bits per heavy atom. The molecule has 0 spiro atoms. The molecule has 1 aromatic heterocycles. The van der Waals surface area contributed by atoms with Crippen LogP contribution in [-0.4, -0.2) is 11.0 Å². The SMILES string of the molecule is O=C(CCc1ncc(-c2ccccc2)o1)OCc1cccc2ccccc12. The lowest BCUT2D eigenvalue weighted by molar-refractivity contribution is -0.144. The first-order chi connectivity index (χ1) is 13.3. The third-order valence-corrected chi connectivity index (χ3v) is 4.42. The topological polar surface area (TPSA) is 52.3 Å². The molecule has 27 heavy (non-hydrogen) atoms. The number of nitrogens with zero attached hydrogens (tertiary/aromatic N) is 1. The van der Waals surface area contributed by atoms with E-state index in [1.807, 2.05) is 72.8 Å². The van der Waals surface area contributed by atoms with Gasteiger partial charge in [0.25, 0.3) is 0 Å². The van der Waals surface area contributed by atoms with Gasteiger partial charge in [0.1, 0.15) is 6.61 Å². The first-order valence-electron chi connectivity index (χ1n) is 8.92. The van der Waals surface area contributed by atoms with Gasteiger partial charge in [0.05, 0.1) is 12.6 Å². The number of esters is 1. The van der Waals surface area contributed by atoms with E-state index in [1.54, 1.807) is 6.20 Å². The van der Waals surface area contributed by atoms with Crippen molar-refractivity contribution in [3.63, 3.8) is 0 Å². The number of ether oxygens (including phenoxy) is 1. The molecule has 4 nitrogen and oxygen atoms in total. The van der Waals surface area contributed by atoms with E-state index >= 15 is 0 Å². The van der Waals surface area contributed by atoms with Crippen molar-refractivity contribution in [1.82, 2.24) is 4.98 Å². The van der Waals surface area contributed by atoms with E-state index in [1.165, 1.54) is 0 Å². The normalized spacial score (nSPS) is 10.8. The van der Waals surface area contributed by atoms with Crippen LogP contribution in [0.4, 0.5) is 0 Å². The van der Waals surface area contributed by atoms with E-state index in [4.69, 9.17) is 9.15 Å². The van der Waals surface area contributed by atoms with Crippen LogP contribution in [0.3, 0.4) is 0 Å². The maximum absolute atomic E-state index is 12.1. The van der Waals surface area contributed by atoms with Crippen molar-refractivity contribution in [2.45, 2.75) is 19.4 Å². The van der Waals surface area contributed by atoms with E-state index in [9.17, 15) is 4.79 Å². The minimum Gasteiger partial charge on any atom is -0.461 e. The Morgan fingerprint density at radius 1 is 0.926 bits per heavy atom. The monoisotopic (exact) mass is 357 g/mol. The molecule has 0 N–H and O–H groups in total. The summed E-state index contributed by atoms with van der Waals surface area (Å²) in [4.78, 5) is 16.4. The number of oxazole rings is 1. The summed E-state index contributed by atoms with van der Waals surface area (Å²) in [7, 11) is 0. The fourth-order valence-corrected chi connectivity index (χ4v) is 3.02. The van der Waals surface area contributed by atoms with E-state index in [0.29, 0.717) is 18.1 Å². The maximum Gasteiger partial charge on any atom is 0.306 e. The van der Waals surface area contributed by atoms with Crippen LogP contribution in [0.5, 0.6) is 0 Å². The maximum atomic E-state index is 12.1. The molecule has 1 heterocycles. The zero-order chi connectivity index (χ0) is 18.5. The summed E-state index contributed by atoms with van der Waals surface area (Å²) in [6, 6.07) is 23.8. The van der Waals surface area contributed by atoms with Crippen LogP contribution in [0.2, 0.25) is 0 Å². The quantitative estimate of drug-likeness (QED) is 0.447. The fourth-order valence-electron chi connectivity index (χ4n) is 3.02. The minimum atomic E-state index is -0.262. The molecule has 4 heteroatoms. The van der Waals surface area contributed by atoms with Gasteiger partial charge in [-0.2, -0.15) is 0 Å². The highest BCUT2D eigenvalue weighted by Crippen LogP contribution is 2.21. The van der Waals surface area contributed by atoms with Crippen LogP contribution in [-0.2, 0) is 22.6 Å². The van der Waals surface area contributed by atoms with Crippen molar-refractivity contribution in [3.8, 4) is 11.3 Å². The van der Waals surface area contributed by atoms with Crippen molar-refractivity contribution in [1.29, 1.82) is 0 Å². The van der Waals surface area contributed by atoms with Crippen LogP contribution < -0.4 is 0 Å². The molecule has 4 rings (SSSR count). The van der Waals surface area contributed by atoms with E-state index < -0.39 is 0 Å².